The molecule has 5 rings (SSSR count). The monoisotopic (exact) mass is 481 g/mol. The van der Waals surface area contributed by atoms with Gasteiger partial charge < -0.3 is 15.5 Å². The van der Waals surface area contributed by atoms with Gasteiger partial charge in [0.25, 0.3) is 5.91 Å². The van der Waals surface area contributed by atoms with Crippen molar-refractivity contribution < 1.29 is 9.18 Å². The third-order valence-corrected chi connectivity index (χ3v) is 7.79. The number of thiazole rings is 1. The Kier molecular flexibility index (Phi) is 6.61. The number of carbonyl (C=O) groups excluding carboxylic acids is 1. The predicted molar refractivity (Wildman–Crippen MR) is 134 cm³/mol. The van der Waals surface area contributed by atoms with E-state index in [0.29, 0.717) is 10.6 Å². The fraction of sp³-hybridized carbons (Fsp3) is 0.292. The lowest BCUT2D eigenvalue weighted by Gasteiger charge is -2.26. The molecule has 6 nitrogen and oxygen atoms in total. The van der Waals surface area contributed by atoms with Crippen molar-refractivity contribution in [3.63, 3.8) is 0 Å². The number of benzene rings is 1. The largest absolute Gasteiger partial charge is 0.360 e. The number of nitrogens with one attached hydrogen (secondary N) is 2. The molecule has 4 heterocycles. The number of pyridine rings is 1. The number of rotatable bonds is 7. The van der Waals surface area contributed by atoms with Gasteiger partial charge in [0.2, 0.25) is 5.95 Å². The maximum Gasteiger partial charge on any atom is 0.265 e. The standard InChI is InChI=1S/C24H24FN5OS2/c25-21-9-6-17(15-27-21)16-4-7-18(8-5-16)28-22(31)19-14-20-23(32-19)29-24(33-20)26-10-13-30-11-2-1-3-12-30/h4-9,14-15H,1-3,10-13H2,(H,26,29)(H,28,31). The molecule has 1 fully saturated rings. The van der Waals surface area contributed by atoms with Gasteiger partial charge in [-0.3, -0.25) is 4.79 Å². The number of likely N-dealkylation sites (tertiary alicyclic amines) is 1. The molecule has 170 valence electrons. The van der Waals surface area contributed by atoms with Crippen molar-refractivity contribution in [2.24, 2.45) is 0 Å². The van der Waals surface area contributed by atoms with Crippen LogP contribution in [0.2, 0.25) is 0 Å². The number of amides is 1. The molecule has 0 bridgehead atoms. The van der Waals surface area contributed by atoms with Crippen LogP contribution in [-0.2, 0) is 0 Å². The third kappa shape index (κ3) is 5.38. The molecule has 1 aromatic carbocycles. The van der Waals surface area contributed by atoms with E-state index in [9.17, 15) is 9.18 Å². The minimum atomic E-state index is -0.506. The van der Waals surface area contributed by atoms with Crippen LogP contribution in [0.1, 0.15) is 28.9 Å². The zero-order valence-electron chi connectivity index (χ0n) is 18.0. The van der Waals surface area contributed by atoms with Gasteiger partial charge >= 0.3 is 0 Å². The minimum Gasteiger partial charge on any atom is -0.360 e. The van der Waals surface area contributed by atoms with E-state index in [1.165, 1.54) is 56.0 Å². The number of hydrogen-bond acceptors (Lipinski definition) is 7. The molecule has 9 heteroatoms. The first kappa shape index (κ1) is 21.9. The first-order valence-corrected chi connectivity index (χ1v) is 12.7. The highest BCUT2D eigenvalue weighted by atomic mass is 32.1. The highest BCUT2D eigenvalue weighted by molar-refractivity contribution is 7.29. The van der Waals surface area contributed by atoms with Crippen LogP contribution >= 0.6 is 22.7 Å². The zero-order chi connectivity index (χ0) is 22.6. The second-order valence-corrected chi connectivity index (χ2v) is 10.1. The topological polar surface area (TPSA) is 70.2 Å². The van der Waals surface area contributed by atoms with E-state index < -0.39 is 5.95 Å². The van der Waals surface area contributed by atoms with Gasteiger partial charge in [0.15, 0.2) is 5.13 Å². The van der Waals surface area contributed by atoms with Crippen LogP contribution in [0, 0.1) is 5.95 Å². The Labute approximate surface area is 199 Å². The molecule has 2 N–H and O–H groups in total. The van der Waals surface area contributed by atoms with E-state index in [2.05, 4.69) is 25.5 Å². The highest BCUT2D eigenvalue weighted by Crippen LogP contribution is 2.33. The maximum absolute atomic E-state index is 13.0. The molecular weight excluding hydrogens is 457 g/mol. The number of halogens is 1. The van der Waals surface area contributed by atoms with Crippen LogP contribution in [0.15, 0.2) is 48.7 Å². The third-order valence-electron chi connectivity index (χ3n) is 5.67. The van der Waals surface area contributed by atoms with Crippen molar-refractivity contribution in [3.05, 3.63) is 59.5 Å². The van der Waals surface area contributed by atoms with Crippen LogP contribution in [-0.4, -0.2) is 47.0 Å². The summed E-state index contributed by atoms with van der Waals surface area (Å²) in [4.78, 5) is 25.1. The van der Waals surface area contributed by atoms with Gasteiger partial charge in [0.1, 0.15) is 4.83 Å². The maximum atomic E-state index is 13.0. The molecule has 0 saturated carbocycles. The van der Waals surface area contributed by atoms with Crippen molar-refractivity contribution in [1.29, 1.82) is 0 Å². The molecule has 1 aliphatic heterocycles. The van der Waals surface area contributed by atoms with Crippen LogP contribution in [0.5, 0.6) is 0 Å². The Hall–Kier alpha value is -2.88. The first-order chi connectivity index (χ1) is 16.1. The lowest BCUT2D eigenvalue weighted by molar-refractivity contribution is 0.103. The van der Waals surface area contributed by atoms with Crippen LogP contribution in [0.4, 0.5) is 15.2 Å². The number of thiophene rings is 1. The van der Waals surface area contributed by atoms with Crippen molar-refractivity contribution in [2.45, 2.75) is 19.3 Å². The van der Waals surface area contributed by atoms with Crippen molar-refractivity contribution >= 4 is 48.9 Å². The Balaban J connectivity index is 1.17. The van der Waals surface area contributed by atoms with E-state index in [0.717, 1.165) is 38.9 Å². The first-order valence-electron chi connectivity index (χ1n) is 11.0. The molecule has 0 aliphatic carbocycles. The van der Waals surface area contributed by atoms with E-state index >= 15 is 0 Å². The van der Waals surface area contributed by atoms with E-state index in [-0.39, 0.29) is 5.91 Å². The van der Waals surface area contributed by atoms with Crippen molar-refractivity contribution in [3.8, 4) is 11.1 Å². The summed E-state index contributed by atoms with van der Waals surface area (Å²) in [5, 5.41) is 7.27. The molecule has 3 aromatic heterocycles. The molecule has 0 spiro atoms. The fourth-order valence-corrected chi connectivity index (χ4v) is 5.95. The van der Waals surface area contributed by atoms with Crippen molar-refractivity contribution in [1.82, 2.24) is 14.9 Å². The molecule has 4 aromatic rings. The average molecular weight is 482 g/mol. The lowest BCUT2D eigenvalue weighted by atomic mass is 10.1. The molecule has 1 aliphatic rings. The Morgan fingerprint density at radius 1 is 1.03 bits per heavy atom. The van der Waals surface area contributed by atoms with Gasteiger partial charge in [-0.05, 0) is 61.8 Å². The second-order valence-electron chi connectivity index (χ2n) is 8.03. The Morgan fingerprint density at radius 3 is 2.55 bits per heavy atom. The van der Waals surface area contributed by atoms with E-state index in [4.69, 9.17) is 0 Å². The van der Waals surface area contributed by atoms with Gasteiger partial charge in [-0.2, -0.15) is 4.39 Å². The number of fused-ring (bicyclic) bond motifs is 1. The number of carbonyl (C=O) groups is 1. The number of nitrogens with zero attached hydrogens (tertiary/aromatic N) is 3. The molecule has 0 radical (unpaired) electrons. The van der Waals surface area contributed by atoms with Crippen LogP contribution in [0.3, 0.4) is 0 Å². The second kappa shape index (κ2) is 9.94. The van der Waals surface area contributed by atoms with Crippen LogP contribution in [0.25, 0.3) is 20.7 Å². The summed E-state index contributed by atoms with van der Waals surface area (Å²) >= 11 is 2.99. The van der Waals surface area contributed by atoms with Gasteiger partial charge in [0, 0.05) is 30.5 Å². The van der Waals surface area contributed by atoms with Gasteiger partial charge in [-0.25, -0.2) is 9.97 Å². The normalized spacial score (nSPS) is 14.5. The van der Waals surface area contributed by atoms with Crippen LogP contribution < -0.4 is 10.6 Å². The number of piperidine rings is 1. The van der Waals surface area contributed by atoms with E-state index in [1.54, 1.807) is 17.4 Å². The predicted octanol–water partition coefficient (Wildman–Crippen LogP) is 5.71. The van der Waals surface area contributed by atoms with Gasteiger partial charge in [-0.1, -0.05) is 29.9 Å². The van der Waals surface area contributed by atoms with Gasteiger partial charge in [-0.15, -0.1) is 11.3 Å². The molecular formula is C24H24FN5OS2. The number of anilines is 2. The summed E-state index contributed by atoms with van der Waals surface area (Å²) < 4.78 is 14.0. The molecule has 1 amide bonds. The molecule has 0 atom stereocenters. The lowest BCUT2D eigenvalue weighted by Crippen LogP contribution is -2.33. The average Bonchev–Trinajstić information content (AvgIpc) is 3.40. The fourth-order valence-electron chi connectivity index (χ4n) is 3.91. The summed E-state index contributed by atoms with van der Waals surface area (Å²) in [6.07, 6.45) is 5.44. The van der Waals surface area contributed by atoms with Gasteiger partial charge in [0.05, 0.1) is 9.58 Å². The zero-order valence-corrected chi connectivity index (χ0v) is 19.6. The minimum absolute atomic E-state index is 0.152. The molecule has 1 saturated heterocycles. The summed E-state index contributed by atoms with van der Waals surface area (Å²) in [6, 6.07) is 12.3. The SMILES string of the molecule is O=C(Nc1ccc(-c2ccc(F)nc2)cc1)c1cc2sc(NCCN3CCCCC3)nc2s1. The smallest absolute Gasteiger partial charge is 0.265 e. The molecule has 0 unspecified atom stereocenters. The number of hydrogen-bond donors (Lipinski definition) is 2. The summed E-state index contributed by atoms with van der Waals surface area (Å²) in [6.45, 7) is 4.31. The summed E-state index contributed by atoms with van der Waals surface area (Å²) in [5.41, 5.74) is 2.42. The molecule has 33 heavy (non-hydrogen) atoms. The Bertz CT molecular complexity index is 1200. The van der Waals surface area contributed by atoms with E-state index in [1.807, 2.05) is 30.3 Å². The highest BCUT2D eigenvalue weighted by Gasteiger charge is 2.15. The Morgan fingerprint density at radius 2 is 1.82 bits per heavy atom. The van der Waals surface area contributed by atoms with Crippen molar-refractivity contribution in [2.75, 3.05) is 36.8 Å². The quantitative estimate of drug-likeness (QED) is 0.331. The summed E-state index contributed by atoms with van der Waals surface area (Å²) in [5.74, 6) is -0.658. The summed E-state index contributed by atoms with van der Waals surface area (Å²) in [7, 11) is 0. The number of aromatic nitrogens is 2.